The van der Waals surface area contributed by atoms with Crippen molar-refractivity contribution in [2.45, 2.75) is 33.1 Å². The van der Waals surface area contributed by atoms with E-state index in [0.717, 1.165) is 24.9 Å². The Hall–Kier alpha value is 0.660. The molecular weight excluding hydrogens is 224 g/mol. The van der Waals surface area contributed by atoms with Crippen molar-refractivity contribution in [3.05, 3.63) is 0 Å². The van der Waals surface area contributed by atoms with Crippen LogP contribution < -0.4 is 0 Å². The molecule has 0 saturated carbocycles. The first kappa shape index (κ1) is 13.7. The largest absolute Gasteiger partial charge is 0.381 e. The van der Waals surface area contributed by atoms with Crippen LogP contribution in [0.15, 0.2) is 0 Å². The van der Waals surface area contributed by atoms with Crippen LogP contribution in [-0.2, 0) is 4.74 Å². The van der Waals surface area contributed by atoms with Crippen LogP contribution in [0.3, 0.4) is 0 Å². The molecule has 0 amide bonds. The fraction of sp³-hybridized carbons (Fsp3) is 1.00. The normalized spacial score (nSPS) is 20.8. The minimum absolute atomic E-state index is 0.461. The highest BCUT2D eigenvalue weighted by atomic mass is 32.2. The van der Waals surface area contributed by atoms with Crippen LogP contribution in [0, 0.1) is 11.3 Å². The molecule has 0 N–H and O–H groups in total. The van der Waals surface area contributed by atoms with E-state index in [4.69, 9.17) is 4.74 Å². The molecule has 0 radical (unpaired) electrons. The van der Waals surface area contributed by atoms with Crippen molar-refractivity contribution in [2.24, 2.45) is 11.3 Å². The van der Waals surface area contributed by atoms with Crippen molar-refractivity contribution in [3.63, 3.8) is 0 Å². The average molecular weight is 248 g/mol. The summed E-state index contributed by atoms with van der Waals surface area (Å²) in [6, 6.07) is 0. The Labute approximate surface area is 104 Å². The van der Waals surface area contributed by atoms with Crippen molar-refractivity contribution in [1.82, 2.24) is 0 Å². The third-order valence-corrected chi connectivity index (χ3v) is 5.15. The molecule has 0 bridgehead atoms. The summed E-state index contributed by atoms with van der Waals surface area (Å²) in [4.78, 5) is 0. The predicted molar refractivity (Wildman–Crippen MR) is 73.1 cm³/mol. The fourth-order valence-corrected chi connectivity index (χ4v) is 3.95. The van der Waals surface area contributed by atoms with Gasteiger partial charge in [0, 0.05) is 13.2 Å². The molecule has 1 saturated heterocycles. The monoisotopic (exact) mass is 248 g/mol. The van der Waals surface area contributed by atoms with Gasteiger partial charge in [-0.1, -0.05) is 13.8 Å². The highest BCUT2D eigenvalue weighted by Crippen LogP contribution is 2.35. The highest BCUT2D eigenvalue weighted by molar-refractivity contribution is 7.99. The van der Waals surface area contributed by atoms with E-state index in [1.54, 1.807) is 0 Å². The molecule has 1 fully saturated rings. The van der Waals surface area contributed by atoms with Gasteiger partial charge in [0.1, 0.15) is 0 Å². The van der Waals surface area contributed by atoms with E-state index in [2.05, 4.69) is 38.2 Å². The first-order chi connectivity index (χ1) is 7.18. The summed E-state index contributed by atoms with van der Waals surface area (Å²) in [6.45, 7) is 6.46. The zero-order valence-electron chi connectivity index (χ0n) is 10.00. The summed E-state index contributed by atoms with van der Waals surface area (Å²) >= 11 is 6.63. The van der Waals surface area contributed by atoms with E-state index in [1.165, 1.54) is 30.8 Å². The zero-order chi connectivity index (χ0) is 11.1. The first-order valence-electron chi connectivity index (χ1n) is 5.95. The number of rotatable bonds is 6. The zero-order valence-corrected chi connectivity index (χ0v) is 11.7. The quantitative estimate of drug-likeness (QED) is 0.569. The number of hydrogen-bond donors (Lipinski definition) is 1. The lowest BCUT2D eigenvalue weighted by Crippen LogP contribution is -2.33. The SMILES string of the molecule is CC(C)CCSCC1(CS)CCOCC1. The summed E-state index contributed by atoms with van der Waals surface area (Å²) in [5.41, 5.74) is 0.461. The van der Waals surface area contributed by atoms with Gasteiger partial charge in [0.15, 0.2) is 0 Å². The fourth-order valence-electron chi connectivity index (χ4n) is 1.76. The van der Waals surface area contributed by atoms with Gasteiger partial charge in [0.25, 0.3) is 0 Å². The third-order valence-electron chi connectivity index (χ3n) is 3.14. The van der Waals surface area contributed by atoms with E-state index in [9.17, 15) is 0 Å². The predicted octanol–water partition coefficient (Wildman–Crippen LogP) is 3.49. The molecule has 3 heteroatoms. The summed E-state index contributed by atoms with van der Waals surface area (Å²) in [5, 5.41) is 0. The van der Waals surface area contributed by atoms with Crippen LogP contribution in [0.1, 0.15) is 33.1 Å². The van der Waals surface area contributed by atoms with Crippen LogP contribution in [0.5, 0.6) is 0 Å². The van der Waals surface area contributed by atoms with E-state index < -0.39 is 0 Å². The van der Waals surface area contributed by atoms with Gasteiger partial charge in [-0.2, -0.15) is 24.4 Å². The number of ether oxygens (including phenoxy) is 1. The van der Waals surface area contributed by atoms with Gasteiger partial charge in [-0.25, -0.2) is 0 Å². The molecule has 0 aromatic rings. The van der Waals surface area contributed by atoms with Gasteiger partial charge in [0.2, 0.25) is 0 Å². The van der Waals surface area contributed by atoms with Gasteiger partial charge in [0.05, 0.1) is 0 Å². The summed E-state index contributed by atoms with van der Waals surface area (Å²) in [7, 11) is 0. The Morgan fingerprint density at radius 1 is 1.33 bits per heavy atom. The van der Waals surface area contributed by atoms with Gasteiger partial charge in [-0.3, -0.25) is 0 Å². The van der Waals surface area contributed by atoms with Gasteiger partial charge in [-0.15, -0.1) is 0 Å². The van der Waals surface area contributed by atoms with Crippen molar-refractivity contribution >= 4 is 24.4 Å². The maximum Gasteiger partial charge on any atom is 0.0471 e. The molecule has 1 heterocycles. The second-order valence-electron chi connectivity index (χ2n) is 5.01. The van der Waals surface area contributed by atoms with E-state index in [1.807, 2.05) is 0 Å². The second-order valence-corrected chi connectivity index (χ2v) is 6.43. The molecule has 0 aromatic carbocycles. The van der Waals surface area contributed by atoms with Crippen molar-refractivity contribution in [3.8, 4) is 0 Å². The van der Waals surface area contributed by atoms with Crippen molar-refractivity contribution < 1.29 is 4.74 Å². The maximum atomic E-state index is 5.43. The number of hydrogen-bond acceptors (Lipinski definition) is 3. The Morgan fingerprint density at radius 2 is 2.00 bits per heavy atom. The van der Waals surface area contributed by atoms with E-state index >= 15 is 0 Å². The molecule has 1 nitrogen and oxygen atoms in total. The lowest BCUT2D eigenvalue weighted by atomic mass is 9.84. The highest BCUT2D eigenvalue weighted by Gasteiger charge is 2.30. The van der Waals surface area contributed by atoms with Crippen LogP contribution >= 0.6 is 24.4 Å². The molecule has 0 atom stereocenters. The van der Waals surface area contributed by atoms with Gasteiger partial charge >= 0.3 is 0 Å². The Kier molecular flexibility index (Phi) is 6.48. The number of thiol groups is 1. The van der Waals surface area contributed by atoms with E-state index in [0.29, 0.717) is 5.41 Å². The standard InChI is InChI=1S/C12H24OS2/c1-11(2)3-8-15-10-12(9-14)4-6-13-7-5-12/h11,14H,3-10H2,1-2H3. The molecule has 0 aliphatic carbocycles. The average Bonchev–Trinajstić information content (AvgIpc) is 2.26. The van der Waals surface area contributed by atoms with Crippen LogP contribution in [0.25, 0.3) is 0 Å². The van der Waals surface area contributed by atoms with Gasteiger partial charge in [-0.05, 0) is 47.9 Å². The Morgan fingerprint density at radius 3 is 2.53 bits per heavy atom. The van der Waals surface area contributed by atoms with E-state index in [-0.39, 0.29) is 0 Å². The molecule has 15 heavy (non-hydrogen) atoms. The molecule has 1 aliphatic rings. The van der Waals surface area contributed by atoms with Crippen LogP contribution in [0.4, 0.5) is 0 Å². The van der Waals surface area contributed by atoms with Crippen LogP contribution in [-0.4, -0.2) is 30.5 Å². The Bertz CT molecular complexity index is 165. The summed E-state index contributed by atoms with van der Waals surface area (Å²) in [6.07, 6.45) is 3.74. The molecule has 0 spiro atoms. The minimum Gasteiger partial charge on any atom is -0.381 e. The summed E-state index contributed by atoms with van der Waals surface area (Å²) in [5.74, 6) is 4.42. The molecule has 1 aliphatic heterocycles. The molecular formula is C12H24OS2. The molecule has 90 valence electrons. The van der Waals surface area contributed by atoms with Crippen molar-refractivity contribution in [1.29, 1.82) is 0 Å². The topological polar surface area (TPSA) is 9.23 Å². The maximum absolute atomic E-state index is 5.43. The van der Waals surface area contributed by atoms with Gasteiger partial charge < -0.3 is 4.74 Å². The summed E-state index contributed by atoms with van der Waals surface area (Å²) < 4.78 is 5.43. The Balaban J connectivity index is 2.20. The minimum atomic E-state index is 0.461. The molecule has 1 rings (SSSR count). The first-order valence-corrected chi connectivity index (χ1v) is 7.74. The lowest BCUT2D eigenvalue weighted by molar-refractivity contribution is 0.0371. The smallest absolute Gasteiger partial charge is 0.0471 e. The third kappa shape index (κ3) is 5.01. The lowest BCUT2D eigenvalue weighted by Gasteiger charge is -2.35. The molecule has 0 unspecified atom stereocenters. The van der Waals surface area contributed by atoms with Crippen molar-refractivity contribution in [2.75, 3.05) is 30.5 Å². The van der Waals surface area contributed by atoms with Crippen LogP contribution in [0.2, 0.25) is 0 Å². The number of thioether (sulfide) groups is 1. The second kappa shape index (κ2) is 7.08. The molecule has 0 aromatic heterocycles.